The molecule has 0 aromatic heterocycles. The van der Waals surface area contributed by atoms with Gasteiger partial charge in [0.2, 0.25) is 5.75 Å². The Morgan fingerprint density at radius 3 is 2.11 bits per heavy atom. The van der Waals surface area contributed by atoms with Crippen LogP contribution in [0, 0.1) is 0 Å². The number of nitrogens with zero attached hydrogens (tertiary/aromatic N) is 2. The normalized spacial score (nSPS) is 19.6. The van der Waals surface area contributed by atoms with Crippen molar-refractivity contribution in [2.45, 2.75) is 37.8 Å². The summed E-state index contributed by atoms with van der Waals surface area (Å²) >= 11 is 0. The van der Waals surface area contributed by atoms with Crippen LogP contribution in [-0.2, 0) is 25.7 Å². The Balaban J connectivity index is 1.45. The first-order valence-electron chi connectivity index (χ1n) is 15.1. The summed E-state index contributed by atoms with van der Waals surface area (Å²) in [5, 5.41) is 22.2. The van der Waals surface area contributed by atoms with Crippen molar-refractivity contribution >= 4 is 0 Å². The van der Waals surface area contributed by atoms with Crippen molar-refractivity contribution in [1.82, 2.24) is 9.80 Å². The smallest absolute Gasteiger partial charge is 0.201 e. The van der Waals surface area contributed by atoms with E-state index < -0.39 is 0 Å². The van der Waals surface area contributed by atoms with Gasteiger partial charge in [-0.1, -0.05) is 18.2 Å². The monoisotopic (exact) mass is 594 g/mol. The van der Waals surface area contributed by atoms with Gasteiger partial charge in [0.05, 0.1) is 14.2 Å². The van der Waals surface area contributed by atoms with E-state index in [1.54, 1.807) is 20.3 Å². The minimum Gasteiger partial charge on any atom is -0.504 e. The number of benzene rings is 4. The molecule has 8 heteroatoms. The summed E-state index contributed by atoms with van der Waals surface area (Å²) in [6.07, 6.45) is 3.08. The second kappa shape index (κ2) is 11.3. The van der Waals surface area contributed by atoms with Gasteiger partial charge >= 0.3 is 0 Å². The van der Waals surface area contributed by atoms with Crippen molar-refractivity contribution in [2.75, 3.05) is 41.4 Å². The van der Waals surface area contributed by atoms with Gasteiger partial charge in [-0.05, 0) is 110 Å². The van der Waals surface area contributed by atoms with Crippen LogP contribution < -0.4 is 18.9 Å². The van der Waals surface area contributed by atoms with Crippen LogP contribution in [0.4, 0.5) is 0 Å². The van der Waals surface area contributed by atoms with Gasteiger partial charge in [0.1, 0.15) is 5.75 Å². The van der Waals surface area contributed by atoms with Crippen molar-refractivity contribution in [2.24, 2.45) is 0 Å². The van der Waals surface area contributed by atoms with Gasteiger partial charge in [-0.25, -0.2) is 0 Å². The number of likely N-dealkylation sites (N-methyl/N-ethyl adjacent to an activating group) is 2. The topological polar surface area (TPSA) is 83.9 Å². The van der Waals surface area contributed by atoms with Crippen LogP contribution in [0.2, 0.25) is 0 Å². The molecule has 0 spiro atoms. The van der Waals surface area contributed by atoms with Crippen molar-refractivity contribution < 1.29 is 29.2 Å². The molecule has 2 atom stereocenters. The second-order valence-corrected chi connectivity index (χ2v) is 12.1. The minimum atomic E-state index is -0.0561. The Morgan fingerprint density at radius 2 is 1.36 bits per heavy atom. The summed E-state index contributed by atoms with van der Waals surface area (Å²) in [5.41, 5.74) is 6.55. The summed E-state index contributed by atoms with van der Waals surface area (Å²) in [6.45, 7) is 1.75. The van der Waals surface area contributed by atoms with Crippen molar-refractivity contribution in [3.05, 3.63) is 94.0 Å². The van der Waals surface area contributed by atoms with Gasteiger partial charge in [0.15, 0.2) is 34.5 Å². The average molecular weight is 595 g/mol. The Hall–Kier alpha value is -4.40. The summed E-state index contributed by atoms with van der Waals surface area (Å²) in [4.78, 5) is 4.65. The van der Waals surface area contributed by atoms with E-state index in [0.29, 0.717) is 47.3 Å². The van der Waals surface area contributed by atoms with E-state index in [1.807, 2.05) is 30.3 Å². The Kier molecular flexibility index (Phi) is 7.26. The molecule has 4 aliphatic rings. The Bertz CT molecular complexity index is 1720. The second-order valence-electron chi connectivity index (χ2n) is 12.1. The van der Waals surface area contributed by atoms with Gasteiger partial charge in [-0.2, -0.15) is 0 Å². The molecule has 8 rings (SSSR count). The predicted octanol–water partition coefficient (Wildman–Crippen LogP) is 6.56. The minimum absolute atomic E-state index is 0.0187. The molecular formula is C36H38N2O6. The third kappa shape index (κ3) is 4.98. The first-order chi connectivity index (χ1) is 21.3. The zero-order valence-corrected chi connectivity index (χ0v) is 25.6. The highest BCUT2D eigenvalue weighted by Gasteiger charge is 2.34. The number of fused-ring (bicyclic) bond motifs is 2. The summed E-state index contributed by atoms with van der Waals surface area (Å²) in [5.74, 6) is 3.14. The van der Waals surface area contributed by atoms with Crippen LogP contribution in [-0.4, -0.2) is 61.4 Å². The standard InChI is InChI=1S/C36H38N2O6/c1-37-13-11-23-18-31(41-3)32-20-26(23)27(37)16-22-7-10-29(39)30(17-22)43-25-8-5-21(6-9-25)15-28-34-24(12-14-38(28)2)19-33(42-4)35(40)36(34)44-32/h5-10,17-20,27-28,39-40H,11-16H2,1-4H3/t27-,28+/m0/s1. The first-order valence-corrected chi connectivity index (χ1v) is 15.1. The number of phenolic OH excluding ortho intramolecular Hbond substituents is 2. The predicted molar refractivity (Wildman–Crippen MR) is 168 cm³/mol. The largest absolute Gasteiger partial charge is 0.504 e. The van der Waals surface area contributed by atoms with Crippen LogP contribution in [0.5, 0.6) is 46.0 Å². The molecule has 4 aliphatic heterocycles. The van der Waals surface area contributed by atoms with Crippen LogP contribution in [0.15, 0.2) is 60.7 Å². The fraction of sp³-hybridized carbons (Fsp3) is 0.333. The molecule has 0 radical (unpaired) electrons. The van der Waals surface area contributed by atoms with E-state index in [2.05, 4.69) is 48.2 Å². The molecule has 228 valence electrons. The van der Waals surface area contributed by atoms with Crippen LogP contribution in [0.25, 0.3) is 0 Å². The van der Waals surface area contributed by atoms with Crippen molar-refractivity contribution in [1.29, 1.82) is 0 Å². The van der Waals surface area contributed by atoms with E-state index in [9.17, 15) is 10.2 Å². The SMILES string of the molecule is COc1cc2c3cc1Oc1c(O)c(OC)cc4c1[C@@H](Cc1ccc(cc1)Oc1cc(ccc1O)C[C@@H]3N(C)CC2)N(C)CC4. The fourth-order valence-corrected chi connectivity index (χ4v) is 6.94. The van der Waals surface area contributed by atoms with E-state index >= 15 is 0 Å². The maximum absolute atomic E-state index is 11.6. The molecular weight excluding hydrogens is 556 g/mol. The third-order valence-corrected chi connectivity index (χ3v) is 9.46. The lowest BCUT2D eigenvalue weighted by Gasteiger charge is -2.37. The molecule has 44 heavy (non-hydrogen) atoms. The molecule has 0 unspecified atom stereocenters. The van der Waals surface area contributed by atoms with Gasteiger partial charge in [-0.15, -0.1) is 0 Å². The third-order valence-electron chi connectivity index (χ3n) is 9.46. The van der Waals surface area contributed by atoms with E-state index in [0.717, 1.165) is 53.7 Å². The molecule has 0 fully saturated rings. The molecule has 0 aliphatic carbocycles. The average Bonchev–Trinajstić information content (AvgIpc) is 3.03. The van der Waals surface area contributed by atoms with E-state index in [1.165, 1.54) is 5.56 Å². The number of rotatable bonds is 2. The molecule has 0 saturated heterocycles. The van der Waals surface area contributed by atoms with Gasteiger partial charge in [-0.3, -0.25) is 9.80 Å². The molecule has 0 amide bonds. The number of hydrogen-bond acceptors (Lipinski definition) is 8. The number of methoxy groups -OCH3 is 2. The Morgan fingerprint density at radius 1 is 0.705 bits per heavy atom. The fourth-order valence-electron chi connectivity index (χ4n) is 6.94. The van der Waals surface area contributed by atoms with Gasteiger partial charge in [0.25, 0.3) is 0 Å². The zero-order chi connectivity index (χ0) is 30.5. The Labute approximate surface area is 258 Å². The molecule has 6 bridgehead atoms. The summed E-state index contributed by atoms with van der Waals surface area (Å²) in [7, 11) is 7.46. The van der Waals surface area contributed by atoms with Gasteiger partial charge < -0.3 is 29.2 Å². The van der Waals surface area contributed by atoms with Crippen molar-refractivity contribution in [3.63, 3.8) is 0 Å². The number of hydrogen-bond donors (Lipinski definition) is 2. The van der Waals surface area contributed by atoms with Crippen LogP contribution >= 0.6 is 0 Å². The summed E-state index contributed by atoms with van der Waals surface area (Å²) in [6, 6.07) is 19.6. The quantitative estimate of drug-likeness (QED) is 0.270. The maximum atomic E-state index is 11.6. The lowest BCUT2D eigenvalue weighted by atomic mass is 9.87. The molecule has 4 heterocycles. The molecule has 4 aromatic carbocycles. The summed E-state index contributed by atoms with van der Waals surface area (Å²) < 4.78 is 24.5. The van der Waals surface area contributed by atoms with E-state index in [-0.39, 0.29) is 23.6 Å². The van der Waals surface area contributed by atoms with Gasteiger partial charge in [0, 0.05) is 30.7 Å². The highest BCUT2D eigenvalue weighted by molar-refractivity contribution is 5.63. The van der Waals surface area contributed by atoms with Crippen LogP contribution in [0.3, 0.4) is 0 Å². The van der Waals surface area contributed by atoms with Crippen molar-refractivity contribution in [3.8, 4) is 46.0 Å². The number of ether oxygens (including phenoxy) is 4. The molecule has 8 nitrogen and oxygen atoms in total. The van der Waals surface area contributed by atoms with Crippen LogP contribution in [0.1, 0.15) is 45.5 Å². The van der Waals surface area contributed by atoms with E-state index in [4.69, 9.17) is 18.9 Å². The zero-order valence-electron chi connectivity index (χ0n) is 25.6. The highest BCUT2D eigenvalue weighted by atomic mass is 16.5. The lowest BCUT2D eigenvalue weighted by molar-refractivity contribution is 0.220. The number of phenols is 2. The maximum Gasteiger partial charge on any atom is 0.201 e. The highest BCUT2D eigenvalue weighted by Crippen LogP contribution is 2.51. The molecule has 2 N–H and O–H groups in total. The lowest BCUT2D eigenvalue weighted by Crippen LogP contribution is -2.34. The molecule has 0 saturated carbocycles. The first kappa shape index (κ1) is 28.4. The number of aromatic hydroxyl groups is 2. The molecule has 4 aromatic rings.